The Bertz CT molecular complexity index is 652. The predicted molar refractivity (Wildman–Crippen MR) is 64.0 cm³/mol. The van der Waals surface area contributed by atoms with Crippen molar-refractivity contribution >= 4 is 34.5 Å². The van der Waals surface area contributed by atoms with E-state index in [1.165, 1.54) is 6.07 Å². The number of aromatic nitrogens is 2. The molecule has 0 saturated carbocycles. The van der Waals surface area contributed by atoms with Crippen molar-refractivity contribution in [3.05, 3.63) is 39.1 Å². The van der Waals surface area contributed by atoms with Crippen LogP contribution in [-0.2, 0) is 0 Å². The normalized spacial score (nSPS) is 9.83. The van der Waals surface area contributed by atoms with Crippen LogP contribution in [0, 0.1) is 17.1 Å². The van der Waals surface area contributed by atoms with Gasteiger partial charge in [-0.25, -0.2) is 4.39 Å². The first-order chi connectivity index (χ1) is 8.60. The summed E-state index contributed by atoms with van der Waals surface area (Å²) < 4.78 is 13.0. The molecule has 1 amide bonds. The van der Waals surface area contributed by atoms with Crippen LogP contribution in [0.3, 0.4) is 0 Å². The molecule has 0 unspecified atom stereocenters. The molecule has 0 saturated heterocycles. The Morgan fingerprint density at radius 3 is 2.89 bits per heavy atom. The SMILES string of the molecule is N#Cc1cc(F)ccc1NC(=O)c1nnc(Cl)s1. The van der Waals surface area contributed by atoms with Gasteiger partial charge in [0.2, 0.25) is 9.47 Å². The summed E-state index contributed by atoms with van der Waals surface area (Å²) in [6.45, 7) is 0. The van der Waals surface area contributed by atoms with Gasteiger partial charge >= 0.3 is 0 Å². The number of halogens is 2. The lowest BCUT2D eigenvalue weighted by atomic mass is 10.2. The van der Waals surface area contributed by atoms with Gasteiger partial charge in [-0.3, -0.25) is 4.79 Å². The van der Waals surface area contributed by atoms with E-state index in [-0.39, 0.29) is 20.7 Å². The van der Waals surface area contributed by atoms with Gasteiger partial charge in [-0.05, 0) is 29.8 Å². The molecule has 0 spiro atoms. The maximum Gasteiger partial charge on any atom is 0.286 e. The van der Waals surface area contributed by atoms with Gasteiger partial charge in [0, 0.05) is 0 Å². The molecule has 5 nitrogen and oxygen atoms in total. The quantitative estimate of drug-likeness (QED) is 0.917. The van der Waals surface area contributed by atoms with E-state index in [2.05, 4.69) is 15.5 Å². The van der Waals surface area contributed by atoms with Crippen LogP contribution in [0.15, 0.2) is 18.2 Å². The number of benzene rings is 1. The molecule has 0 bridgehead atoms. The van der Waals surface area contributed by atoms with Crippen LogP contribution in [0.1, 0.15) is 15.4 Å². The highest BCUT2D eigenvalue weighted by atomic mass is 35.5. The second-order valence-corrected chi connectivity index (χ2v) is 4.68. The van der Waals surface area contributed by atoms with Gasteiger partial charge in [0.1, 0.15) is 11.9 Å². The zero-order chi connectivity index (χ0) is 13.1. The van der Waals surface area contributed by atoms with Crippen molar-refractivity contribution in [3.8, 4) is 6.07 Å². The summed E-state index contributed by atoms with van der Waals surface area (Å²) in [7, 11) is 0. The number of anilines is 1. The van der Waals surface area contributed by atoms with E-state index in [0.29, 0.717) is 0 Å². The molecule has 90 valence electrons. The lowest BCUT2D eigenvalue weighted by Crippen LogP contribution is -2.12. The summed E-state index contributed by atoms with van der Waals surface area (Å²) >= 11 is 6.46. The molecule has 2 rings (SSSR count). The topological polar surface area (TPSA) is 78.7 Å². The zero-order valence-corrected chi connectivity index (χ0v) is 10.2. The van der Waals surface area contributed by atoms with Crippen LogP contribution in [-0.4, -0.2) is 16.1 Å². The lowest BCUT2D eigenvalue weighted by molar-refractivity contribution is 0.102. The van der Waals surface area contributed by atoms with Crippen molar-refractivity contribution < 1.29 is 9.18 Å². The number of nitrogens with one attached hydrogen (secondary N) is 1. The molecule has 1 heterocycles. The van der Waals surface area contributed by atoms with Crippen LogP contribution in [0.5, 0.6) is 0 Å². The van der Waals surface area contributed by atoms with Gasteiger partial charge in [-0.1, -0.05) is 11.3 Å². The summed E-state index contributed by atoms with van der Waals surface area (Å²) in [6.07, 6.45) is 0. The highest BCUT2D eigenvalue weighted by Gasteiger charge is 2.14. The number of nitrogens with zero attached hydrogens (tertiary/aromatic N) is 3. The van der Waals surface area contributed by atoms with Crippen molar-refractivity contribution in [1.29, 1.82) is 5.26 Å². The second-order valence-electron chi connectivity index (χ2n) is 3.12. The molecule has 0 atom stereocenters. The van der Waals surface area contributed by atoms with Crippen LogP contribution < -0.4 is 5.32 Å². The monoisotopic (exact) mass is 282 g/mol. The molecule has 2 aromatic rings. The van der Waals surface area contributed by atoms with E-state index in [4.69, 9.17) is 16.9 Å². The first-order valence-electron chi connectivity index (χ1n) is 4.60. The summed E-state index contributed by atoms with van der Waals surface area (Å²) in [4.78, 5) is 11.7. The standard InChI is InChI=1S/C10H4ClFN4OS/c11-10-16-15-9(18-10)8(17)14-7-2-1-6(12)3-5(7)4-13/h1-3H,(H,14,17). The Morgan fingerprint density at radius 1 is 1.50 bits per heavy atom. The van der Waals surface area contributed by atoms with E-state index in [0.717, 1.165) is 23.5 Å². The average molecular weight is 283 g/mol. The van der Waals surface area contributed by atoms with Gasteiger partial charge in [0.25, 0.3) is 5.91 Å². The Hall–Kier alpha value is -2.04. The highest BCUT2D eigenvalue weighted by molar-refractivity contribution is 7.17. The molecule has 0 aliphatic heterocycles. The zero-order valence-electron chi connectivity index (χ0n) is 8.65. The van der Waals surface area contributed by atoms with Crippen LogP contribution in [0.4, 0.5) is 10.1 Å². The fraction of sp³-hybridized carbons (Fsp3) is 0. The molecule has 1 N–H and O–H groups in total. The number of amides is 1. The molecular weight excluding hydrogens is 279 g/mol. The number of carbonyl (C=O) groups excluding carboxylic acids is 1. The molecule has 18 heavy (non-hydrogen) atoms. The molecule has 0 aliphatic carbocycles. The van der Waals surface area contributed by atoms with Crippen LogP contribution in [0.25, 0.3) is 0 Å². The highest BCUT2D eigenvalue weighted by Crippen LogP contribution is 2.19. The first-order valence-corrected chi connectivity index (χ1v) is 5.79. The van der Waals surface area contributed by atoms with Crippen molar-refractivity contribution in [1.82, 2.24) is 10.2 Å². The van der Waals surface area contributed by atoms with Crippen molar-refractivity contribution in [3.63, 3.8) is 0 Å². The fourth-order valence-corrected chi connectivity index (χ4v) is 1.91. The molecule has 8 heteroatoms. The average Bonchev–Trinajstić information content (AvgIpc) is 2.78. The summed E-state index contributed by atoms with van der Waals surface area (Å²) in [5, 5.41) is 18.4. The fourth-order valence-electron chi connectivity index (χ4n) is 1.19. The van der Waals surface area contributed by atoms with Gasteiger partial charge in [-0.15, -0.1) is 10.2 Å². The molecule has 1 aromatic heterocycles. The van der Waals surface area contributed by atoms with E-state index < -0.39 is 11.7 Å². The van der Waals surface area contributed by atoms with Gasteiger partial charge < -0.3 is 5.32 Å². The summed E-state index contributed by atoms with van der Waals surface area (Å²) in [6, 6.07) is 5.26. The lowest BCUT2D eigenvalue weighted by Gasteiger charge is -2.04. The number of rotatable bonds is 2. The molecule has 0 aliphatic rings. The summed E-state index contributed by atoms with van der Waals surface area (Å²) in [5.74, 6) is -1.11. The number of nitriles is 1. The largest absolute Gasteiger partial charge is 0.319 e. The second kappa shape index (κ2) is 5.08. The third-order valence-electron chi connectivity index (χ3n) is 1.94. The van der Waals surface area contributed by atoms with Crippen molar-refractivity contribution in [2.45, 2.75) is 0 Å². The van der Waals surface area contributed by atoms with Crippen LogP contribution in [0.2, 0.25) is 4.47 Å². The minimum atomic E-state index is -0.553. The number of hydrogen-bond acceptors (Lipinski definition) is 5. The molecular formula is C10H4ClFN4OS. The predicted octanol–water partition coefficient (Wildman–Crippen LogP) is 2.45. The van der Waals surface area contributed by atoms with E-state index in [1.807, 2.05) is 0 Å². The van der Waals surface area contributed by atoms with E-state index in [1.54, 1.807) is 6.07 Å². The summed E-state index contributed by atoms with van der Waals surface area (Å²) in [5.41, 5.74) is 0.231. The van der Waals surface area contributed by atoms with Crippen molar-refractivity contribution in [2.24, 2.45) is 0 Å². The molecule has 1 aromatic carbocycles. The van der Waals surface area contributed by atoms with E-state index >= 15 is 0 Å². The third-order valence-corrected chi connectivity index (χ3v) is 2.96. The maximum absolute atomic E-state index is 12.9. The minimum Gasteiger partial charge on any atom is -0.319 e. The Balaban J connectivity index is 2.25. The number of hydrogen-bond donors (Lipinski definition) is 1. The smallest absolute Gasteiger partial charge is 0.286 e. The van der Waals surface area contributed by atoms with Crippen molar-refractivity contribution in [2.75, 3.05) is 5.32 Å². The van der Waals surface area contributed by atoms with Crippen LogP contribution >= 0.6 is 22.9 Å². The molecule has 0 fully saturated rings. The third kappa shape index (κ3) is 2.61. The number of carbonyl (C=O) groups is 1. The Labute approximate surface area is 110 Å². The van der Waals surface area contributed by atoms with Gasteiger partial charge in [0.15, 0.2) is 0 Å². The van der Waals surface area contributed by atoms with E-state index in [9.17, 15) is 9.18 Å². The van der Waals surface area contributed by atoms with Gasteiger partial charge in [0.05, 0.1) is 11.3 Å². The van der Waals surface area contributed by atoms with Gasteiger partial charge in [-0.2, -0.15) is 5.26 Å². The Kier molecular flexibility index (Phi) is 3.50. The molecule has 0 radical (unpaired) electrons. The maximum atomic E-state index is 12.9. The Morgan fingerprint density at radius 2 is 2.28 bits per heavy atom. The minimum absolute atomic E-state index is 0.0268. The first kappa shape index (κ1) is 12.4.